The third kappa shape index (κ3) is 1.36. The molecule has 5 aromatic rings. The number of hydrogen-bond donors (Lipinski definition) is 0. The zero-order chi connectivity index (χ0) is 14.1. The van der Waals surface area contributed by atoms with E-state index in [-0.39, 0.29) is 0 Å². The average Bonchev–Trinajstić information content (AvgIpc) is 2.99. The van der Waals surface area contributed by atoms with E-state index >= 15 is 0 Å². The number of para-hydroxylation sites is 2. The first kappa shape index (κ1) is 12.0. The van der Waals surface area contributed by atoms with Crippen LogP contribution in [-0.2, 0) is 0 Å². The summed E-state index contributed by atoms with van der Waals surface area (Å²) in [7, 11) is 0. The highest BCUT2D eigenvalue weighted by Crippen LogP contribution is 2.45. The number of halogens is 2. The summed E-state index contributed by atoms with van der Waals surface area (Å²) in [5.74, 6) is 0. The fourth-order valence-corrected chi connectivity index (χ4v) is 5.04. The molecular weight excluding hydrogens is 390 g/mol. The molecule has 0 atom stereocenters. The summed E-state index contributed by atoms with van der Waals surface area (Å²) in [5.41, 5.74) is 3.81. The van der Waals surface area contributed by atoms with E-state index in [0.29, 0.717) is 0 Å². The van der Waals surface area contributed by atoms with Crippen LogP contribution in [0.1, 0.15) is 0 Å². The van der Waals surface area contributed by atoms with Gasteiger partial charge in [0, 0.05) is 30.5 Å². The van der Waals surface area contributed by atoms with Crippen molar-refractivity contribution in [2.75, 3.05) is 0 Å². The van der Waals surface area contributed by atoms with E-state index < -0.39 is 0 Å². The fraction of sp³-hybridized carbons (Fsp3) is 0. The largest absolute Gasteiger partial charge is 0.308 e. The van der Waals surface area contributed by atoms with E-state index in [2.05, 4.69) is 90.9 Å². The van der Waals surface area contributed by atoms with Crippen LogP contribution in [0.15, 0.2) is 63.5 Å². The molecule has 0 radical (unpaired) electrons. The maximum absolute atomic E-state index is 3.75. The van der Waals surface area contributed by atoms with Gasteiger partial charge in [-0.2, -0.15) is 0 Å². The summed E-state index contributed by atoms with van der Waals surface area (Å²) in [5, 5.41) is 5.17. The van der Waals surface area contributed by atoms with E-state index in [1.165, 1.54) is 38.1 Å². The first-order valence-corrected chi connectivity index (χ1v) is 8.37. The molecule has 0 aliphatic carbocycles. The van der Waals surface area contributed by atoms with Crippen LogP contribution >= 0.6 is 31.9 Å². The predicted octanol–water partition coefficient (Wildman–Crippen LogP) is 6.36. The summed E-state index contributed by atoms with van der Waals surface area (Å²) >= 11 is 7.49. The van der Waals surface area contributed by atoms with Gasteiger partial charge >= 0.3 is 0 Å². The average molecular weight is 399 g/mol. The Morgan fingerprint density at radius 2 is 1.14 bits per heavy atom. The van der Waals surface area contributed by atoms with E-state index in [0.717, 1.165) is 8.95 Å². The van der Waals surface area contributed by atoms with Gasteiger partial charge in [0.15, 0.2) is 0 Å². The number of fused-ring (bicyclic) bond motifs is 6. The molecule has 0 bridgehead atoms. The summed E-state index contributed by atoms with van der Waals surface area (Å²) < 4.78 is 4.65. The molecule has 0 aliphatic rings. The molecule has 0 fully saturated rings. The second-order valence-corrected chi connectivity index (χ2v) is 7.02. The van der Waals surface area contributed by atoms with E-state index in [9.17, 15) is 0 Å². The molecule has 0 saturated carbocycles. The molecule has 3 heteroatoms. The van der Waals surface area contributed by atoms with E-state index in [1.807, 2.05) is 0 Å². The second-order valence-electron chi connectivity index (χ2n) is 5.31. The minimum atomic E-state index is 1.14. The molecule has 0 unspecified atom stereocenters. The van der Waals surface area contributed by atoms with Crippen LogP contribution < -0.4 is 0 Å². The third-order valence-corrected chi connectivity index (χ3v) is 5.51. The molecule has 2 heterocycles. The molecule has 0 spiro atoms. The van der Waals surface area contributed by atoms with Crippen LogP contribution in [0.2, 0.25) is 0 Å². The van der Waals surface area contributed by atoms with Crippen LogP contribution in [0.4, 0.5) is 0 Å². The number of aromatic nitrogens is 1. The first-order chi connectivity index (χ1) is 10.3. The molecule has 0 saturated heterocycles. The Labute approximate surface area is 137 Å². The van der Waals surface area contributed by atoms with Gasteiger partial charge in [0.25, 0.3) is 0 Å². The highest BCUT2D eigenvalue weighted by atomic mass is 79.9. The van der Waals surface area contributed by atoms with Crippen molar-refractivity contribution < 1.29 is 0 Å². The molecule has 21 heavy (non-hydrogen) atoms. The van der Waals surface area contributed by atoms with Crippen molar-refractivity contribution in [3.63, 3.8) is 0 Å². The SMILES string of the molecule is Brc1cc(Br)c2c3ccccc3n3c4ccccc4c1c23. The Balaban J connectivity index is 2.33. The van der Waals surface area contributed by atoms with Gasteiger partial charge in [0.2, 0.25) is 0 Å². The zero-order valence-corrected chi connectivity index (χ0v) is 14.1. The van der Waals surface area contributed by atoms with E-state index in [4.69, 9.17) is 0 Å². The Morgan fingerprint density at radius 1 is 0.667 bits per heavy atom. The minimum absolute atomic E-state index is 1.14. The van der Waals surface area contributed by atoms with Gasteiger partial charge in [-0.05, 0) is 18.2 Å². The summed E-state index contributed by atoms with van der Waals surface area (Å²) in [4.78, 5) is 0. The summed E-state index contributed by atoms with van der Waals surface area (Å²) in [6.07, 6.45) is 0. The Hall–Kier alpha value is -1.58. The third-order valence-electron chi connectivity index (χ3n) is 4.26. The first-order valence-electron chi connectivity index (χ1n) is 6.78. The molecule has 100 valence electrons. The molecule has 2 aromatic heterocycles. The van der Waals surface area contributed by atoms with Gasteiger partial charge in [0.05, 0.1) is 16.6 Å². The van der Waals surface area contributed by atoms with Gasteiger partial charge < -0.3 is 4.40 Å². The topological polar surface area (TPSA) is 4.41 Å². The van der Waals surface area contributed by atoms with Crippen LogP contribution in [0.3, 0.4) is 0 Å². The minimum Gasteiger partial charge on any atom is -0.308 e. The molecular formula is C18H9Br2N. The van der Waals surface area contributed by atoms with Gasteiger partial charge in [-0.15, -0.1) is 0 Å². The number of hydrogen-bond acceptors (Lipinski definition) is 0. The zero-order valence-electron chi connectivity index (χ0n) is 10.9. The molecule has 0 aliphatic heterocycles. The summed E-state index contributed by atoms with van der Waals surface area (Å²) in [6.45, 7) is 0. The highest BCUT2D eigenvalue weighted by Gasteiger charge is 2.20. The molecule has 1 nitrogen and oxygen atoms in total. The predicted molar refractivity (Wildman–Crippen MR) is 96.5 cm³/mol. The molecule has 5 rings (SSSR count). The van der Waals surface area contributed by atoms with Crippen LogP contribution in [0.5, 0.6) is 0 Å². The number of rotatable bonds is 0. The molecule has 3 aromatic carbocycles. The smallest absolute Gasteiger partial charge is 0.0643 e. The van der Waals surface area contributed by atoms with Crippen LogP contribution in [0, 0.1) is 0 Å². The van der Waals surface area contributed by atoms with Crippen LogP contribution in [-0.4, -0.2) is 4.40 Å². The van der Waals surface area contributed by atoms with E-state index in [1.54, 1.807) is 0 Å². The lowest BCUT2D eigenvalue weighted by molar-refractivity contribution is 1.37. The summed E-state index contributed by atoms with van der Waals surface area (Å²) in [6, 6.07) is 19.4. The van der Waals surface area contributed by atoms with Gasteiger partial charge in [-0.3, -0.25) is 0 Å². The number of benzene rings is 3. The molecule has 0 amide bonds. The van der Waals surface area contributed by atoms with Crippen molar-refractivity contribution in [1.82, 2.24) is 4.40 Å². The van der Waals surface area contributed by atoms with Crippen molar-refractivity contribution in [1.29, 1.82) is 0 Å². The monoisotopic (exact) mass is 397 g/mol. The second kappa shape index (κ2) is 3.99. The Bertz CT molecular complexity index is 1070. The maximum atomic E-state index is 3.75. The van der Waals surface area contributed by atoms with Crippen molar-refractivity contribution in [2.45, 2.75) is 0 Å². The fourth-order valence-electron chi connectivity index (χ4n) is 3.47. The normalized spacial score (nSPS) is 12.3. The maximum Gasteiger partial charge on any atom is 0.0643 e. The standard InChI is InChI=1S/C18H9Br2N/c19-12-9-13(20)17-11-6-2-4-8-15(11)21-14-7-3-1-5-10(14)16(12)18(17)21/h1-9H. The molecule has 0 N–H and O–H groups in total. The Morgan fingerprint density at radius 3 is 1.67 bits per heavy atom. The number of nitrogens with zero attached hydrogens (tertiary/aromatic N) is 1. The van der Waals surface area contributed by atoms with Gasteiger partial charge in [-0.25, -0.2) is 0 Å². The van der Waals surface area contributed by atoms with Crippen molar-refractivity contribution in [2.24, 2.45) is 0 Å². The van der Waals surface area contributed by atoms with Crippen molar-refractivity contribution in [3.05, 3.63) is 63.5 Å². The van der Waals surface area contributed by atoms with Crippen LogP contribution in [0.25, 0.3) is 38.1 Å². The lowest BCUT2D eigenvalue weighted by Gasteiger charge is -2.00. The van der Waals surface area contributed by atoms with Gasteiger partial charge in [0.1, 0.15) is 0 Å². The van der Waals surface area contributed by atoms with Crippen molar-refractivity contribution >= 4 is 70.0 Å². The lowest BCUT2D eigenvalue weighted by Crippen LogP contribution is -1.78. The van der Waals surface area contributed by atoms with Gasteiger partial charge in [-0.1, -0.05) is 68.3 Å². The van der Waals surface area contributed by atoms with Crippen molar-refractivity contribution in [3.8, 4) is 0 Å². The quantitative estimate of drug-likeness (QED) is 0.285. The lowest BCUT2D eigenvalue weighted by atomic mass is 10.1. The highest BCUT2D eigenvalue weighted by molar-refractivity contribution is 9.11. The Kier molecular flexibility index (Phi) is 2.28.